The summed E-state index contributed by atoms with van der Waals surface area (Å²) in [6.45, 7) is 5.02. The van der Waals surface area contributed by atoms with Crippen LogP contribution in [-0.2, 0) is 33.6 Å². The molecule has 0 bridgehead atoms. The van der Waals surface area contributed by atoms with Crippen LogP contribution in [0.2, 0.25) is 0 Å². The second-order valence-electron chi connectivity index (χ2n) is 7.22. The predicted octanol–water partition coefficient (Wildman–Crippen LogP) is 1.78. The van der Waals surface area contributed by atoms with Gasteiger partial charge in [-0.05, 0) is 55.4 Å². The van der Waals surface area contributed by atoms with Crippen LogP contribution in [0, 0.1) is 0 Å². The van der Waals surface area contributed by atoms with Gasteiger partial charge in [0.15, 0.2) is 0 Å². The Bertz CT molecular complexity index is 813. The van der Waals surface area contributed by atoms with Crippen molar-refractivity contribution < 1.29 is 24.5 Å². The molecule has 0 radical (unpaired) electrons. The highest BCUT2D eigenvalue weighted by Gasteiger charge is 2.16. The van der Waals surface area contributed by atoms with E-state index in [1.807, 2.05) is 0 Å². The summed E-state index contributed by atoms with van der Waals surface area (Å²) in [6, 6.07) is 8.95. The Morgan fingerprint density at radius 1 is 1.00 bits per heavy atom. The number of hydrogen-bond donors (Lipinski definition) is 2. The van der Waals surface area contributed by atoms with Gasteiger partial charge in [-0.25, -0.2) is 14.3 Å². The first-order chi connectivity index (χ1) is 14.0. The molecule has 1 fully saturated rings. The monoisotopic (exact) mass is 401 g/mol. The largest absolute Gasteiger partial charge is 0.473 e. The predicted molar refractivity (Wildman–Crippen MR) is 106 cm³/mol. The maximum atomic E-state index is 9.10. The molecule has 1 aromatic carbocycles. The minimum absolute atomic E-state index is 0.878. The van der Waals surface area contributed by atoms with Crippen molar-refractivity contribution in [1.82, 2.24) is 14.7 Å². The first kappa shape index (κ1) is 21.0. The zero-order valence-corrected chi connectivity index (χ0v) is 16.4. The standard InChI is InChI=1S/C19H25N3O.C2H2O4/c1-2-4-19-17(3-1)15-20-22(19)18-7-5-16(6-8-18)9-10-21-11-13-23-14-12-21;3-1(4)2(5)6/h5-8,15H,1-4,9-14H2;(H,3,4)(H,5,6). The van der Waals surface area contributed by atoms with E-state index in [2.05, 4.69) is 45.1 Å². The summed E-state index contributed by atoms with van der Waals surface area (Å²) in [7, 11) is 0. The molecule has 156 valence electrons. The molecule has 0 atom stereocenters. The van der Waals surface area contributed by atoms with Crippen molar-refractivity contribution in [3.05, 3.63) is 47.3 Å². The average Bonchev–Trinajstić information content (AvgIpc) is 3.18. The fourth-order valence-electron chi connectivity index (χ4n) is 3.63. The van der Waals surface area contributed by atoms with Crippen molar-refractivity contribution >= 4 is 11.9 Å². The fraction of sp³-hybridized carbons (Fsp3) is 0.476. The van der Waals surface area contributed by atoms with E-state index in [1.165, 1.54) is 41.8 Å². The summed E-state index contributed by atoms with van der Waals surface area (Å²) in [5, 5.41) is 19.4. The van der Waals surface area contributed by atoms with E-state index in [4.69, 9.17) is 24.5 Å². The van der Waals surface area contributed by atoms with Crippen LogP contribution in [0.4, 0.5) is 0 Å². The molecule has 1 aliphatic carbocycles. The Morgan fingerprint density at radius 3 is 2.31 bits per heavy atom. The Hall–Kier alpha value is -2.71. The van der Waals surface area contributed by atoms with Gasteiger partial charge in [0.1, 0.15) is 0 Å². The molecule has 0 unspecified atom stereocenters. The highest BCUT2D eigenvalue weighted by Crippen LogP contribution is 2.23. The van der Waals surface area contributed by atoms with Gasteiger partial charge in [0, 0.05) is 25.3 Å². The van der Waals surface area contributed by atoms with Crippen LogP contribution in [0.3, 0.4) is 0 Å². The van der Waals surface area contributed by atoms with E-state index in [1.54, 1.807) is 0 Å². The third kappa shape index (κ3) is 5.88. The van der Waals surface area contributed by atoms with Gasteiger partial charge in [-0.1, -0.05) is 12.1 Å². The maximum absolute atomic E-state index is 9.10. The SMILES string of the molecule is O=C(O)C(=O)O.c1cc(-n2ncc3c2CCCC3)ccc1CCN1CCOCC1. The average molecular weight is 401 g/mol. The first-order valence-electron chi connectivity index (χ1n) is 9.96. The van der Waals surface area contributed by atoms with Gasteiger partial charge in [-0.15, -0.1) is 0 Å². The van der Waals surface area contributed by atoms with Gasteiger partial charge in [-0.2, -0.15) is 5.10 Å². The van der Waals surface area contributed by atoms with E-state index in [-0.39, 0.29) is 0 Å². The second kappa shape index (κ2) is 10.2. The molecular formula is C21H27N3O5. The first-order valence-corrected chi connectivity index (χ1v) is 9.96. The number of carboxylic acid groups (broad SMARTS) is 2. The number of ether oxygens (including phenoxy) is 1. The Labute approximate surface area is 169 Å². The van der Waals surface area contributed by atoms with Crippen molar-refractivity contribution in [3.8, 4) is 5.69 Å². The summed E-state index contributed by atoms with van der Waals surface area (Å²) in [5.41, 5.74) is 5.45. The molecule has 4 rings (SSSR count). The summed E-state index contributed by atoms with van der Waals surface area (Å²) in [6.07, 6.45) is 8.11. The number of nitrogens with zero attached hydrogens (tertiary/aromatic N) is 3. The zero-order valence-electron chi connectivity index (χ0n) is 16.4. The lowest BCUT2D eigenvalue weighted by atomic mass is 9.98. The number of aryl methyl sites for hydroxylation is 1. The fourth-order valence-corrected chi connectivity index (χ4v) is 3.63. The molecule has 8 heteroatoms. The molecule has 2 aromatic rings. The van der Waals surface area contributed by atoms with Crippen molar-refractivity contribution in [2.24, 2.45) is 0 Å². The quantitative estimate of drug-likeness (QED) is 0.753. The van der Waals surface area contributed by atoms with E-state index in [9.17, 15) is 0 Å². The highest BCUT2D eigenvalue weighted by molar-refractivity contribution is 6.27. The summed E-state index contributed by atoms with van der Waals surface area (Å²) in [4.78, 5) is 20.7. The van der Waals surface area contributed by atoms with Gasteiger partial charge in [0.25, 0.3) is 0 Å². The molecule has 1 aromatic heterocycles. The van der Waals surface area contributed by atoms with Gasteiger partial charge in [-0.3, -0.25) is 4.90 Å². The molecule has 2 aliphatic rings. The number of carboxylic acids is 2. The molecule has 0 spiro atoms. The number of carbonyl (C=O) groups is 2. The molecular weight excluding hydrogens is 374 g/mol. The summed E-state index contributed by atoms with van der Waals surface area (Å²) >= 11 is 0. The van der Waals surface area contributed by atoms with Crippen LogP contribution in [0.25, 0.3) is 5.69 Å². The lowest BCUT2D eigenvalue weighted by Gasteiger charge is -2.26. The number of fused-ring (bicyclic) bond motifs is 1. The zero-order chi connectivity index (χ0) is 20.6. The van der Waals surface area contributed by atoms with Gasteiger partial charge < -0.3 is 14.9 Å². The molecule has 1 saturated heterocycles. The van der Waals surface area contributed by atoms with E-state index >= 15 is 0 Å². The third-order valence-electron chi connectivity index (χ3n) is 5.25. The smallest absolute Gasteiger partial charge is 0.414 e. The van der Waals surface area contributed by atoms with Crippen molar-refractivity contribution in [1.29, 1.82) is 0 Å². The van der Waals surface area contributed by atoms with Crippen molar-refractivity contribution in [2.75, 3.05) is 32.8 Å². The van der Waals surface area contributed by atoms with Crippen LogP contribution in [-0.4, -0.2) is 69.7 Å². The minimum atomic E-state index is -1.82. The Balaban J connectivity index is 0.000000353. The molecule has 0 saturated carbocycles. The van der Waals surface area contributed by atoms with Crippen LogP contribution in [0.1, 0.15) is 29.7 Å². The van der Waals surface area contributed by atoms with Crippen molar-refractivity contribution in [2.45, 2.75) is 32.1 Å². The number of aromatic nitrogens is 2. The number of morpholine rings is 1. The summed E-state index contributed by atoms with van der Waals surface area (Å²) in [5.74, 6) is -3.65. The van der Waals surface area contributed by atoms with E-state index < -0.39 is 11.9 Å². The molecule has 29 heavy (non-hydrogen) atoms. The molecule has 2 N–H and O–H groups in total. The number of hydrogen-bond acceptors (Lipinski definition) is 5. The van der Waals surface area contributed by atoms with E-state index in [0.29, 0.717) is 0 Å². The van der Waals surface area contributed by atoms with Gasteiger partial charge in [0.2, 0.25) is 0 Å². The van der Waals surface area contributed by atoms with Crippen LogP contribution in [0.15, 0.2) is 30.5 Å². The molecule has 2 heterocycles. The Morgan fingerprint density at radius 2 is 1.66 bits per heavy atom. The number of benzene rings is 1. The Kier molecular flexibility index (Phi) is 7.37. The third-order valence-corrected chi connectivity index (χ3v) is 5.25. The topological polar surface area (TPSA) is 105 Å². The second-order valence-corrected chi connectivity index (χ2v) is 7.22. The van der Waals surface area contributed by atoms with Crippen LogP contribution in [0.5, 0.6) is 0 Å². The maximum Gasteiger partial charge on any atom is 0.414 e. The summed E-state index contributed by atoms with van der Waals surface area (Å²) < 4.78 is 7.54. The van der Waals surface area contributed by atoms with Gasteiger partial charge in [0.05, 0.1) is 25.1 Å². The van der Waals surface area contributed by atoms with Crippen LogP contribution >= 0.6 is 0 Å². The lowest BCUT2D eigenvalue weighted by molar-refractivity contribution is -0.159. The lowest BCUT2D eigenvalue weighted by Crippen LogP contribution is -2.37. The van der Waals surface area contributed by atoms with Crippen LogP contribution < -0.4 is 0 Å². The van der Waals surface area contributed by atoms with Crippen molar-refractivity contribution in [3.63, 3.8) is 0 Å². The van der Waals surface area contributed by atoms with Gasteiger partial charge >= 0.3 is 11.9 Å². The normalized spacial score (nSPS) is 16.4. The number of aliphatic carboxylic acids is 2. The molecule has 1 aliphatic heterocycles. The van der Waals surface area contributed by atoms with E-state index in [0.717, 1.165) is 45.7 Å². The highest BCUT2D eigenvalue weighted by atomic mass is 16.5. The number of rotatable bonds is 4. The molecule has 0 amide bonds. The minimum Gasteiger partial charge on any atom is -0.473 e. The molecule has 8 nitrogen and oxygen atoms in total.